The summed E-state index contributed by atoms with van der Waals surface area (Å²) in [6, 6.07) is 1.98. The van der Waals surface area contributed by atoms with Gasteiger partial charge in [0.05, 0.1) is 14.2 Å². The second-order valence-corrected chi connectivity index (χ2v) is 5.66. The second-order valence-electron chi connectivity index (χ2n) is 4.88. The van der Waals surface area contributed by atoms with Gasteiger partial charge in [-0.2, -0.15) is 11.3 Å². The standard InChI is InChI=1S/C14H20N2O2S/c1-9(2)12-14(18-4)15-11(13(16-12)17-3)7-10-5-6-19-8-10/h5-6,8-9,11-12H,7H2,1-4H3/t11-,12-/m0/s1. The zero-order chi connectivity index (χ0) is 13.8. The number of rotatable bonds is 3. The van der Waals surface area contributed by atoms with Crippen molar-refractivity contribution in [3.63, 3.8) is 0 Å². The zero-order valence-electron chi connectivity index (χ0n) is 11.8. The summed E-state index contributed by atoms with van der Waals surface area (Å²) < 4.78 is 10.8. The zero-order valence-corrected chi connectivity index (χ0v) is 12.6. The molecule has 0 aromatic carbocycles. The Kier molecular flexibility index (Phi) is 4.58. The van der Waals surface area contributed by atoms with Crippen LogP contribution >= 0.6 is 11.3 Å². The molecule has 0 fully saturated rings. The first kappa shape index (κ1) is 14.1. The molecule has 1 aliphatic rings. The minimum Gasteiger partial charge on any atom is -0.483 e. The first-order chi connectivity index (χ1) is 9.15. The van der Waals surface area contributed by atoms with Gasteiger partial charge in [-0.15, -0.1) is 0 Å². The molecule has 2 heterocycles. The second kappa shape index (κ2) is 6.19. The van der Waals surface area contributed by atoms with Gasteiger partial charge in [-0.05, 0) is 28.3 Å². The Morgan fingerprint density at radius 1 is 1.21 bits per heavy atom. The molecule has 1 aromatic heterocycles. The van der Waals surface area contributed by atoms with E-state index in [1.165, 1.54) is 5.56 Å². The third-order valence-corrected chi connectivity index (χ3v) is 3.88. The molecule has 2 rings (SSSR count). The largest absolute Gasteiger partial charge is 0.483 e. The van der Waals surface area contributed by atoms with Gasteiger partial charge in [0, 0.05) is 6.42 Å². The fraction of sp³-hybridized carbons (Fsp3) is 0.571. The average Bonchev–Trinajstić information content (AvgIpc) is 2.90. The molecular formula is C14H20N2O2S. The monoisotopic (exact) mass is 280 g/mol. The van der Waals surface area contributed by atoms with Crippen LogP contribution in [0.4, 0.5) is 0 Å². The molecule has 0 spiro atoms. The summed E-state index contributed by atoms with van der Waals surface area (Å²) in [5.74, 6) is 1.74. The van der Waals surface area contributed by atoms with Crippen LogP contribution in [-0.2, 0) is 15.9 Å². The van der Waals surface area contributed by atoms with E-state index < -0.39 is 0 Å². The Hall–Kier alpha value is -1.36. The van der Waals surface area contributed by atoms with Crippen molar-refractivity contribution in [3.05, 3.63) is 22.4 Å². The van der Waals surface area contributed by atoms with E-state index in [1.807, 2.05) is 0 Å². The minimum atomic E-state index is -0.0791. The van der Waals surface area contributed by atoms with Gasteiger partial charge in [-0.25, -0.2) is 9.98 Å². The van der Waals surface area contributed by atoms with Crippen molar-refractivity contribution < 1.29 is 9.47 Å². The Labute approximate surface area is 118 Å². The molecule has 0 N–H and O–H groups in total. The molecule has 0 saturated carbocycles. The third-order valence-electron chi connectivity index (χ3n) is 3.15. The van der Waals surface area contributed by atoms with Crippen molar-refractivity contribution in [1.29, 1.82) is 0 Å². The van der Waals surface area contributed by atoms with Crippen molar-refractivity contribution in [2.24, 2.45) is 15.9 Å². The number of methoxy groups -OCH3 is 2. The van der Waals surface area contributed by atoms with Crippen LogP contribution in [0.15, 0.2) is 26.8 Å². The first-order valence-corrected chi connectivity index (χ1v) is 7.34. The van der Waals surface area contributed by atoms with Gasteiger partial charge in [0.15, 0.2) is 0 Å². The smallest absolute Gasteiger partial charge is 0.209 e. The quantitative estimate of drug-likeness (QED) is 0.854. The van der Waals surface area contributed by atoms with E-state index in [1.54, 1.807) is 25.6 Å². The van der Waals surface area contributed by atoms with Gasteiger partial charge in [0.1, 0.15) is 12.1 Å². The first-order valence-electron chi connectivity index (χ1n) is 6.40. The number of hydrogen-bond acceptors (Lipinski definition) is 5. The van der Waals surface area contributed by atoms with E-state index >= 15 is 0 Å². The Bertz CT molecular complexity index is 466. The lowest BCUT2D eigenvalue weighted by Crippen LogP contribution is -2.38. The highest BCUT2D eigenvalue weighted by Gasteiger charge is 2.30. The number of nitrogens with zero attached hydrogens (tertiary/aromatic N) is 2. The van der Waals surface area contributed by atoms with E-state index in [0.717, 1.165) is 6.42 Å². The summed E-state index contributed by atoms with van der Waals surface area (Å²) in [6.45, 7) is 4.21. The highest BCUT2D eigenvalue weighted by Crippen LogP contribution is 2.20. The normalized spacial score (nSPS) is 23.0. The topological polar surface area (TPSA) is 43.2 Å². The van der Waals surface area contributed by atoms with Gasteiger partial charge in [0.2, 0.25) is 11.8 Å². The van der Waals surface area contributed by atoms with Gasteiger partial charge in [-0.3, -0.25) is 0 Å². The van der Waals surface area contributed by atoms with E-state index in [4.69, 9.17) is 9.47 Å². The molecule has 0 amide bonds. The van der Waals surface area contributed by atoms with Crippen molar-refractivity contribution in [2.45, 2.75) is 32.4 Å². The molecule has 2 atom stereocenters. The summed E-state index contributed by atoms with van der Waals surface area (Å²) in [5, 5.41) is 4.20. The van der Waals surface area contributed by atoms with E-state index in [9.17, 15) is 0 Å². The molecule has 19 heavy (non-hydrogen) atoms. The van der Waals surface area contributed by atoms with Crippen molar-refractivity contribution in [3.8, 4) is 0 Å². The van der Waals surface area contributed by atoms with Crippen molar-refractivity contribution in [1.82, 2.24) is 0 Å². The number of hydrogen-bond donors (Lipinski definition) is 0. The summed E-state index contributed by atoms with van der Waals surface area (Å²) in [4.78, 5) is 9.33. The molecule has 104 valence electrons. The highest BCUT2D eigenvalue weighted by molar-refractivity contribution is 7.07. The summed E-state index contributed by atoms with van der Waals surface area (Å²) in [7, 11) is 3.31. The lowest BCUT2D eigenvalue weighted by Gasteiger charge is -2.26. The lowest BCUT2D eigenvalue weighted by atomic mass is 10.0. The van der Waals surface area contributed by atoms with Crippen molar-refractivity contribution >= 4 is 23.1 Å². The van der Waals surface area contributed by atoms with Crippen LogP contribution in [-0.4, -0.2) is 38.1 Å². The molecule has 0 radical (unpaired) electrons. The molecule has 0 saturated heterocycles. The van der Waals surface area contributed by atoms with Crippen LogP contribution in [0.2, 0.25) is 0 Å². The number of thiophene rings is 1. The number of ether oxygens (including phenoxy) is 2. The van der Waals surface area contributed by atoms with Crippen LogP contribution in [0.1, 0.15) is 19.4 Å². The number of aliphatic imine (C=N–C) groups is 2. The average molecular weight is 280 g/mol. The van der Waals surface area contributed by atoms with Crippen LogP contribution in [0.5, 0.6) is 0 Å². The molecular weight excluding hydrogens is 260 g/mol. The third kappa shape index (κ3) is 3.15. The van der Waals surface area contributed by atoms with E-state index in [-0.39, 0.29) is 12.1 Å². The van der Waals surface area contributed by atoms with Crippen LogP contribution < -0.4 is 0 Å². The maximum atomic E-state index is 5.42. The predicted molar refractivity (Wildman–Crippen MR) is 79.3 cm³/mol. The van der Waals surface area contributed by atoms with Crippen LogP contribution in [0.25, 0.3) is 0 Å². The summed E-state index contributed by atoms with van der Waals surface area (Å²) >= 11 is 1.69. The minimum absolute atomic E-state index is 0.0429. The summed E-state index contributed by atoms with van der Waals surface area (Å²) in [5.41, 5.74) is 1.25. The van der Waals surface area contributed by atoms with Gasteiger partial charge >= 0.3 is 0 Å². The molecule has 0 bridgehead atoms. The molecule has 1 aliphatic heterocycles. The summed E-state index contributed by atoms with van der Waals surface area (Å²) in [6.07, 6.45) is 0.799. The van der Waals surface area contributed by atoms with E-state index in [0.29, 0.717) is 17.7 Å². The fourth-order valence-electron chi connectivity index (χ4n) is 2.12. The van der Waals surface area contributed by atoms with Gasteiger partial charge in [0.25, 0.3) is 0 Å². The predicted octanol–water partition coefficient (Wildman–Crippen LogP) is 2.79. The van der Waals surface area contributed by atoms with Crippen molar-refractivity contribution in [2.75, 3.05) is 14.2 Å². The van der Waals surface area contributed by atoms with Gasteiger partial charge in [-0.1, -0.05) is 13.8 Å². The van der Waals surface area contributed by atoms with E-state index in [2.05, 4.69) is 40.7 Å². The fourth-order valence-corrected chi connectivity index (χ4v) is 2.81. The molecule has 5 heteroatoms. The Morgan fingerprint density at radius 2 is 1.95 bits per heavy atom. The van der Waals surface area contributed by atoms with Gasteiger partial charge < -0.3 is 9.47 Å². The van der Waals surface area contributed by atoms with Crippen LogP contribution in [0, 0.1) is 5.92 Å². The maximum absolute atomic E-state index is 5.42. The Morgan fingerprint density at radius 3 is 2.47 bits per heavy atom. The lowest BCUT2D eigenvalue weighted by molar-refractivity contribution is 0.333. The maximum Gasteiger partial charge on any atom is 0.209 e. The SMILES string of the molecule is COC1=N[C@@H](C(C)C)C(OC)=N[C@H]1Cc1ccsc1. The van der Waals surface area contributed by atoms with Crippen LogP contribution in [0.3, 0.4) is 0 Å². The molecule has 4 nitrogen and oxygen atoms in total. The molecule has 1 aromatic rings. The molecule has 0 aliphatic carbocycles. The molecule has 0 unspecified atom stereocenters. The Balaban J connectivity index is 2.22. The highest BCUT2D eigenvalue weighted by atomic mass is 32.1.